The molecule has 0 aromatic carbocycles. The molecule has 0 spiro atoms. The summed E-state index contributed by atoms with van der Waals surface area (Å²) < 4.78 is 5.47. The van der Waals surface area contributed by atoms with Crippen LogP contribution in [0, 0.1) is 0 Å². The first-order valence-corrected chi connectivity index (χ1v) is 35.6. The molecule has 2 unspecified atom stereocenters. The zero-order chi connectivity index (χ0) is 56.4. The number of nitrogens with one attached hydrogen (secondary N) is 1. The fraction of sp³-hybridized carbons (Fsp3) is 0.917. The number of aliphatic hydroxyl groups excluding tert-OH is 2. The molecule has 0 heterocycles. The van der Waals surface area contributed by atoms with E-state index in [0.717, 1.165) is 44.9 Å². The monoisotopic (exact) mass is 1100 g/mol. The van der Waals surface area contributed by atoms with Gasteiger partial charge in [0.05, 0.1) is 25.4 Å². The number of hydrogen-bond donors (Lipinski definition) is 3. The van der Waals surface area contributed by atoms with Gasteiger partial charge in [0.2, 0.25) is 5.91 Å². The first-order chi connectivity index (χ1) is 38.5. The Morgan fingerprint density at radius 3 is 0.949 bits per heavy atom. The molecule has 0 aliphatic carbocycles. The second kappa shape index (κ2) is 67.8. The average Bonchev–Trinajstić information content (AvgIpc) is 3.44. The summed E-state index contributed by atoms with van der Waals surface area (Å²) in [6.45, 7) is 4.95. The second-order valence-corrected chi connectivity index (χ2v) is 24.6. The standard InChI is InChI=1S/C72H139NO5/c1-3-5-7-9-11-13-15-16-17-18-35-38-41-45-48-52-56-60-64-70(75)69(68-74)73-71(76)65-61-57-53-49-46-42-39-36-33-31-29-27-25-23-21-19-20-22-24-26-28-30-32-34-37-40-43-47-51-55-59-63-67-78-72(77)66-62-58-54-50-44-14-12-10-8-6-4-2/h10,12,22,24,69-70,74-75H,3-9,11,13-21,23,25-68H2,1-2H3,(H,73,76)/b12-10-,24-22-. The minimum Gasteiger partial charge on any atom is -0.466 e. The number of carbonyl (C=O) groups excluding carboxylic acids is 2. The minimum atomic E-state index is -0.662. The van der Waals surface area contributed by atoms with Gasteiger partial charge in [-0.2, -0.15) is 0 Å². The van der Waals surface area contributed by atoms with Gasteiger partial charge in [0.25, 0.3) is 0 Å². The Morgan fingerprint density at radius 1 is 0.346 bits per heavy atom. The van der Waals surface area contributed by atoms with Crippen LogP contribution in [0.25, 0.3) is 0 Å². The maximum absolute atomic E-state index is 12.5. The molecule has 0 aliphatic heterocycles. The Morgan fingerprint density at radius 2 is 0.615 bits per heavy atom. The highest BCUT2D eigenvalue weighted by Crippen LogP contribution is 2.19. The lowest BCUT2D eigenvalue weighted by Crippen LogP contribution is -2.45. The van der Waals surface area contributed by atoms with Crippen LogP contribution >= 0.6 is 0 Å². The van der Waals surface area contributed by atoms with Crippen LogP contribution < -0.4 is 5.32 Å². The van der Waals surface area contributed by atoms with Gasteiger partial charge < -0.3 is 20.3 Å². The SMILES string of the molecule is CCCC/C=C\CCCCCCCC(=O)OCCCCCCCCCCCCCC/C=C\CCCCCCCCCCCCCCCCCCC(=O)NC(CO)C(O)CCCCCCCCCCCCCCCCCCCC. The first kappa shape index (κ1) is 76.3. The van der Waals surface area contributed by atoms with Crippen molar-refractivity contribution >= 4 is 11.9 Å². The molecule has 0 saturated carbocycles. The van der Waals surface area contributed by atoms with Crippen molar-refractivity contribution in [2.45, 2.75) is 411 Å². The zero-order valence-electron chi connectivity index (χ0n) is 52.9. The molecule has 0 aliphatic rings. The molecule has 0 aromatic rings. The number of aliphatic hydroxyl groups is 2. The quantitative estimate of drug-likeness (QED) is 0.0320. The van der Waals surface area contributed by atoms with E-state index in [-0.39, 0.29) is 18.5 Å². The van der Waals surface area contributed by atoms with Gasteiger partial charge in [0.1, 0.15) is 0 Å². The minimum absolute atomic E-state index is 0.00759. The Hall–Kier alpha value is -1.66. The third-order valence-electron chi connectivity index (χ3n) is 16.7. The molecular weight excluding hydrogens is 959 g/mol. The van der Waals surface area contributed by atoms with Crippen LogP contribution in [0.1, 0.15) is 399 Å². The number of hydrogen-bond acceptors (Lipinski definition) is 5. The maximum Gasteiger partial charge on any atom is 0.305 e. The van der Waals surface area contributed by atoms with E-state index in [9.17, 15) is 19.8 Å². The molecule has 3 N–H and O–H groups in total. The van der Waals surface area contributed by atoms with Crippen molar-refractivity contribution in [1.82, 2.24) is 5.32 Å². The molecule has 462 valence electrons. The van der Waals surface area contributed by atoms with E-state index < -0.39 is 12.1 Å². The molecule has 0 saturated heterocycles. The van der Waals surface area contributed by atoms with E-state index in [1.54, 1.807) is 0 Å². The van der Waals surface area contributed by atoms with Crippen molar-refractivity contribution in [1.29, 1.82) is 0 Å². The topological polar surface area (TPSA) is 95.9 Å². The van der Waals surface area contributed by atoms with Gasteiger partial charge in [0, 0.05) is 12.8 Å². The molecule has 6 heteroatoms. The summed E-state index contributed by atoms with van der Waals surface area (Å²) in [4.78, 5) is 24.5. The number of carbonyl (C=O) groups is 2. The molecule has 78 heavy (non-hydrogen) atoms. The summed E-state index contributed by atoms with van der Waals surface area (Å²) in [6, 6.07) is -0.539. The fourth-order valence-electron chi connectivity index (χ4n) is 11.3. The van der Waals surface area contributed by atoms with Crippen molar-refractivity contribution in [2.24, 2.45) is 0 Å². The molecule has 6 nitrogen and oxygen atoms in total. The second-order valence-electron chi connectivity index (χ2n) is 24.6. The highest BCUT2D eigenvalue weighted by atomic mass is 16.5. The number of esters is 1. The van der Waals surface area contributed by atoms with Crippen LogP contribution in [-0.2, 0) is 14.3 Å². The largest absolute Gasteiger partial charge is 0.466 e. The maximum atomic E-state index is 12.5. The average molecular weight is 1100 g/mol. The third kappa shape index (κ3) is 63.5. The van der Waals surface area contributed by atoms with Gasteiger partial charge in [0.15, 0.2) is 0 Å². The van der Waals surface area contributed by atoms with Gasteiger partial charge >= 0.3 is 5.97 Å². The lowest BCUT2D eigenvalue weighted by atomic mass is 10.0. The number of rotatable bonds is 67. The number of ether oxygens (including phenoxy) is 1. The summed E-state index contributed by atoms with van der Waals surface area (Å²) in [5, 5.41) is 23.4. The fourth-order valence-corrected chi connectivity index (χ4v) is 11.3. The Kier molecular flexibility index (Phi) is 66.4. The van der Waals surface area contributed by atoms with E-state index in [0.29, 0.717) is 25.9 Å². The Labute approximate surface area is 488 Å². The van der Waals surface area contributed by atoms with Gasteiger partial charge in [-0.05, 0) is 70.6 Å². The van der Waals surface area contributed by atoms with Crippen LogP contribution in [-0.4, -0.2) is 47.4 Å². The van der Waals surface area contributed by atoms with E-state index in [1.807, 2.05) is 0 Å². The lowest BCUT2D eigenvalue weighted by Gasteiger charge is -2.22. The number of unbranched alkanes of at least 4 members (excludes halogenated alkanes) is 52. The van der Waals surface area contributed by atoms with Gasteiger partial charge in [-0.25, -0.2) is 0 Å². The molecule has 0 fully saturated rings. The van der Waals surface area contributed by atoms with Crippen molar-refractivity contribution in [2.75, 3.05) is 13.2 Å². The van der Waals surface area contributed by atoms with Crippen molar-refractivity contribution in [3.63, 3.8) is 0 Å². The molecule has 0 radical (unpaired) electrons. The molecular formula is C72H139NO5. The molecule has 0 bridgehead atoms. The van der Waals surface area contributed by atoms with Crippen LogP contribution in [0.2, 0.25) is 0 Å². The van der Waals surface area contributed by atoms with Gasteiger partial charge in [-0.1, -0.05) is 340 Å². The van der Waals surface area contributed by atoms with E-state index in [4.69, 9.17) is 4.74 Å². The summed E-state index contributed by atoms with van der Waals surface area (Å²) >= 11 is 0. The lowest BCUT2D eigenvalue weighted by molar-refractivity contribution is -0.143. The molecule has 1 amide bonds. The highest BCUT2D eigenvalue weighted by molar-refractivity contribution is 5.76. The van der Waals surface area contributed by atoms with Crippen LogP contribution in [0.5, 0.6) is 0 Å². The molecule has 2 atom stereocenters. The normalized spacial score (nSPS) is 12.6. The summed E-state index contributed by atoms with van der Waals surface area (Å²) in [7, 11) is 0. The highest BCUT2D eigenvalue weighted by Gasteiger charge is 2.20. The predicted molar refractivity (Wildman–Crippen MR) is 343 cm³/mol. The Balaban J connectivity index is 3.36. The third-order valence-corrected chi connectivity index (χ3v) is 16.7. The molecule has 0 rings (SSSR count). The van der Waals surface area contributed by atoms with E-state index >= 15 is 0 Å². The number of amides is 1. The van der Waals surface area contributed by atoms with Gasteiger partial charge in [-0.15, -0.1) is 0 Å². The zero-order valence-corrected chi connectivity index (χ0v) is 52.9. The summed E-state index contributed by atoms with van der Waals surface area (Å²) in [5.41, 5.74) is 0. The van der Waals surface area contributed by atoms with Crippen molar-refractivity contribution < 1.29 is 24.5 Å². The number of allylic oxidation sites excluding steroid dienone is 4. The summed E-state index contributed by atoms with van der Waals surface area (Å²) in [5.74, 6) is -0.0208. The smallest absolute Gasteiger partial charge is 0.305 e. The van der Waals surface area contributed by atoms with Crippen LogP contribution in [0.3, 0.4) is 0 Å². The van der Waals surface area contributed by atoms with E-state index in [2.05, 4.69) is 43.5 Å². The van der Waals surface area contributed by atoms with E-state index in [1.165, 1.54) is 321 Å². The van der Waals surface area contributed by atoms with Crippen molar-refractivity contribution in [3.05, 3.63) is 24.3 Å². The Bertz CT molecular complexity index is 1220. The molecule has 0 aromatic heterocycles. The first-order valence-electron chi connectivity index (χ1n) is 35.6. The van der Waals surface area contributed by atoms with Crippen molar-refractivity contribution in [3.8, 4) is 0 Å². The van der Waals surface area contributed by atoms with Gasteiger partial charge in [-0.3, -0.25) is 9.59 Å². The summed E-state index contributed by atoms with van der Waals surface area (Å²) in [6.07, 6.45) is 85.2. The predicted octanol–water partition coefficient (Wildman–Crippen LogP) is 22.9. The van der Waals surface area contributed by atoms with Crippen LogP contribution in [0.15, 0.2) is 24.3 Å². The van der Waals surface area contributed by atoms with Crippen LogP contribution in [0.4, 0.5) is 0 Å².